The average Bonchev–Trinajstić information content (AvgIpc) is 2.30. The molecule has 0 saturated carbocycles. The zero-order valence-electron chi connectivity index (χ0n) is 10.4. The van der Waals surface area contributed by atoms with Crippen LogP contribution < -0.4 is 11.1 Å². The molecule has 4 heteroatoms. The van der Waals surface area contributed by atoms with Gasteiger partial charge in [-0.2, -0.15) is 0 Å². The fourth-order valence-corrected chi connectivity index (χ4v) is 1.53. The summed E-state index contributed by atoms with van der Waals surface area (Å²) in [6, 6.07) is 5.19. The lowest BCUT2D eigenvalue weighted by Gasteiger charge is -2.11. The summed E-state index contributed by atoms with van der Waals surface area (Å²) in [5, 5.41) is 12.2. The molecule has 0 fully saturated rings. The van der Waals surface area contributed by atoms with Crippen LogP contribution in [0.15, 0.2) is 18.2 Å². The lowest BCUT2D eigenvalue weighted by atomic mass is 10.1. The Bertz CT molecular complexity index is 391. The van der Waals surface area contributed by atoms with Crippen molar-refractivity contribution in [2.75, 3.05) is 12.3 Å². The molecular formula is C13H20N2O2. The predicted molar refractivity (Wildman–Crippen MR) is 68.8 cm³/mol. The maximum Gasteiger partial charge on any atom is 0.251 e. The lowest BCUT2D eigenvalue weighted by Crippen LogP contribution is -2.32. The van der Waals surface area contributed by atoms with Gasteiger partial charge in [-0.3, -0.25) is 4.79 Å². The highest BCUT2D eigenvalue weighted by Crippen LogP contribution is 2.12. The van der Waals surface area contributed by atoms with Crippen LogP contribution in [0.4, 0.5) is 5.69 Å². The number of nitrogen functional groups attached to an aromatic ring is 1. The van der Waals surface area contributed by atoms with Crippen LogP contribution in [0.25, 0.3) is 0 Å². The first-order chi connectivity index (χ1) is 8.04. The molecule has 0 spiro atoms. The van der Waals surface area contributed by atoms with Crippen molar-refractivity contribution in [3.63, 3.8) is 0 Å². The molecule has 4 N–H and O–H groups in total. The summed E-state index contributed by atoms with van der Waals surface area (Å²) >= 11 is 0. The van der Waals surface area contributed by atoms with Gasteiger partial charge in [0.05, 0.1) is 6.10 Å². The summed E-state index contributed by atoms with van der Waals surface area (Å²) < 4.78 is 0. The molecule has 1 aromatic rings. The Labute approximate surface area is 102 Å². The van der Waals surface area contributed by atoms with Crippen molar-refractivity contribution in [2.45, 2.75) is 32.8 Å². The van der Waals surface area contributed by atoms with Crippen molar-refractivity contribution in [3.05, 3.63) is 29.3 Å². The number of carbonyl (C=O) groups is 1. The van der Waals surface area contributed by atoms with Crippen molar-refractivity contribution >= 4 is 11.6 Å². The second kappa shape index (κ2) is 6.25. The first-order valence-corrected chi connectivity index (χ1v) is 5.87. The highest BCUT2D eigenvalue weighted by atomic mass is 16.3. The van der Waals surface area contributed by atoms with Gasteiger partial charge in [-0.25, -0.2) is 0 Å². The third-order valence-corrected chi connectivity index (χ3v) is 2.66. The number of anilines is 1. The number of carbonyl (C=O) groups excluding carboxylic acids is 1. The molecule has 0 bridgehead atoms. The normalized spacial score (nSPS) is 12.2. The van der Waals surface area contributed by atoms with Crippen molar-refractivity contribution in [2.24, 2.45) is 0 Å². The Morgan fingerprint density at radius 2 is 2.24 bits per heavy atom. The van der Waals surface area contributed by atoms with Gasteiger partial charge in [0.2, 0.25) is 0 Å². The standard InChI is InChI=1S/C13H20N2O2/c1-3-4-11(16)8-15-13(17)10-6-5-9(2)12(14)7-10/h5-7,11,16H,3-4,8,14H2,1-2H3,(H,15,17). The van der Waals surface area contributed by atoms with E-state index in [2.05, 4.69) is 5.32 Å². The van der Waals surface area contributed by atoms with E-state index in [0.717, 1.165) is 12.0 Å². The second-order valence-corrected chi connectivity index (χ2v) is 4.22. The molecule has 0 aliphatic carbocycles. The van der Waals surface area contributed by atoms with Gasteiger partial charge in [0.15, 0.2) is 0 Å². The van der Waals surface area contributed by atoms with E-state index in [1.54, 1.807) is 12.1 Å². The van der Waals surface area contributed by atoms with Gasteiger partial charge < -0.3 is 16.2 Å². The number of aryl methyl sites for hydroxylation is 1. The summed E-state index contributed by atoms with van der Waals surface area (Å²) in [5.41, 5.74) is 7.81. The van der Waals surface area contributed by atoms with Crippen LogP contribution in [-0.2, 0) is 0 Å². The van der Waals surface area contributed by atoms with Gasteiger partial charge in [0.25, 0.3) is 5.91 Å². The molecule has 0 saturated heterocycles. The number of hydrogen-bond acceptors (Lipinski definition) is 3. The minimum absolute atomic E-state index is 0.202. The van der Waals surface area contributed by atoms with Crippen molar-refractivity contribution in [1.29, 1.82) is 0 Å². The van der Waals surface area contributed by atoms with Crippen LogP contribution in [0.2, 0.25) is 0 Å². The summed E-state index contributed by atoms with van der Waals surface area (Å²) in [7, 11) is 0. The monoisotopic (exact) mass is 236 g/mol. The van der Waals surface area contributed by atoms with Crippen LogP contribution in [0.1, 0.15) is 35.7 Å². The van der Waals surface area contributed by atoms with Crippen LogP contribution in [0, 0.1) is 6.92 Å². The van der Waals surface area contributed by atoms with E-state index in [1.807, 2.05) is 19.9 Å². The SMILES string of the molecule is CCCC(O)CNC(=O)c1ccc(C)c(N)c1. The molecule has 94 valence electrons. The number of hydrogen-bond donors (Lipinski definition) is 3. The average molecular weight is 236 g/mol. The Kier molecular flexibility index (Phi) is 4.97. The Morgan fingerprint density at radius 1 is 1.53 bits per heavy atom. The molecule has 1 unspecified atom stereocenters. The maximum atomic E-state index is 11.7. The number of amides is 1. The Balaban J connectivity index is 2.55. The van der Waals surface area contributed by atoms with Crippen LogP contribution in [0.5, 0.6) is 0 Å². The zero-order chi connectivity index (χ0) is 12.8. The topological polar surface area (TPSA) is 75.3 Å². The summed E-state index contributed by atoms with van der Waals surface area (Å²) in [5.74, 6) is -0.202. The van der Waals surface area contributed by atoms with E-state index in [4.69, 9.17) is 5.73 Å². The first kappa shape index (κ1) is 13.5. The molecule has 0 aromatic heterocycles. The Hall–Kier alpha value is -1.55. The number of benzene rings is 1. The van der Waals surface area contributed by atoms with Crippen LogP contribution in [0.3, 0.4) is 0 Å². The molecule has 17 heavy (non-hydrogen) atoms. The molecule has 0 radical (unpaired) electrons. The smallest absolute Gasteiger partial charge is 0.251 e. The zero-order valence-corrected chi connectivity index (χ0v) is 10.4. The van der Waals surface area contributed by atoms with Gasteiger partial charge in [-0.1, -0.05) is 19.4 Å². The molecule has 0 aliphatic rings. The second-order valence-electron chi connectivity index (χ2n) is 4.22. The molecule has 1 atom stereocenters. The number of nitrogens with one attached hydrogen (secondary N) is 1. The lowest BCUT2D eigenvalue weighted by molar-refractivity contribution is 0.0910. The highest BCUT2D eigenvalue weighted by molar-refractivity contribution is 5.95. The molecule has 0 heterocycles. The van der Waals surface area contributed by atoms with E-state index >= 15 is 0 Å². The van der Waals surface area contributed by atoms with E-state index in [0.29, 0.717) is 17.7 Å². The molecule has 4 nitrogen and oxygen atoms in total. The largest absolute Gasteiger partial charge is 0.398 e. The number of aliphatic hydroxyl groups excluding tert-OH is 1. The third kappa shape index (κ3) is 4.07. The number of aliphatic hydroxyl groups is 1. The molecule has 1 rings (SSSR count). The van der Waals surface area contributed by atoms with Gasteiger partial charge in [0, 0.05) is 17.8 Å². The molecule has 0 aliphatic heterocycles. The number of rotatable bonds is 5. The van der Waals surface area contributed by atoms with Crippen molar-refractivity contribution < 1.29 is 9.90 Å². The summed E-state index contributed by atoms with van der Waals surface area (Å²) in [6.45, 7) is 4.16. The Morgan fingerprint density at radius 3 is 2.82 bits per heavy atom. The van der Waals surface area contributed by atoms with E-state index in [9.17, 15) is 9.90 Å². The van der Waals surface area contributed by atoms with E-state index < -0.39 is 6.10 Å². The minimum atomic E-state index is -0.480. The van der Waals surface area contributed by atoms with Crippen molar-refractivity contribution in [1.82, 2.24) is 5.32 Å². The van der Waals surface area contributed by atoms with Crippen LogP contribution >= 0.6 is 0 Å². The minimum Gasteiger partial charge on any atom is -0.398 e. The maximum absolute atomic E-state index is 11.7. The number of nitrogens with two attached hydrogens (primary N) is 1. The van der Waals surface area contributed by atoms with E-state index in [-0.39, 0.29) is 12.5 Å². The van der Waals surface area contributed by atoms with Gasteiger partial charge in [-0.15, -0.1) is 0 Å². The van der Waals surface area contributed by atoms with Gasteiger partial charge in [0.1, 0.15) is 0 Å². The summed E-state index contributed by atoms with van der Waals surface area (Å²) in [6.07, 6.45) is 1.11. The first-order valence-electron chi connectivity index (χ1n) is 5.87. The molecular weight excluding hydrogens is 216 g/mol. The highest BCUT2D eigenvalue weighted by Gasteiger charge is 2.09. The van der Waals surface area contributed by atoms with E-state index in [1.165, 1.54) is 0 Å². The molecule has 1 amide bonds. The molecule has 1 aromatic carbocycles. The van der Waals surface area contributed by atoms with Crippen LogP contribution in [-0.4, -0.2) is 23.7 Å². The fraction of sp³-hybridized carbons (Fsp3) is 0.462. The summed E-state index contributed by atoms with van der Waals surface area (Å²) in [4.78, 5) is 11.7. The quantitative estimate of drug-likeness (QED) is 0.678. The third-order valence-electron chi connectivity index (χ3n) is 2.66. The van der Waals surface area contributed by atoms with Gasteiger partial charge in [-0.05, 0) is 31.0 Å². The van der Waals surface area contributed by atoms with Crippen molar-refractivity contribution in [3.8, 4) is 0 Å². The predicted octanol–water partition coefficient (Wildman–Crippen LogP) is 1.47. The van der Waals surface area contributed by atoms with Gasteiger partial charge >= 0.3 is 0 Å². The fourth-order valence-electron chi connectivity index (χ4n) is 1.53.